The summed E-state index contributed by atoms with van der Waals surface area (Å²) in [4.78, 5) is 2.63. The normalized spacial score (nSPS) is 29.1. The van der Waals surface area contributed by atoms with Crippen LogP contribution in [0.1, 0.15) is 37.8 Å². The second-order valence-corrected chi connectivity index (χ2v) is 5.93. The van der Waals surface area contributed by atoms with E-state index in [-0.39, 0.29) is 0 Å². The van der Waals surface area contributed by atoms with Crippen molar-refractivity contribution in [3.8, 4) is 5.75 Å². The Balaban J connectivity index is 1.74. The van der Waals surface area contributed by atoms with Crippen molar-refractivity contribution in [1.82, 2.24) is 10.2 Å². The van der Waals surface area contributed by atoms with E-state index in [9.17, 15) is 5.11 Å². The molecule has 0 spiro atoms. The highest BCUT2D eigenvalue weighted by Crippen LogP contribution is 2.33. The Kier molecular flexibility index (Phi) is 3.76. The Morgan fingerprint density at radius 2 is 2.11 bits per heavy atom. The van der Waals surface area contributed by atoms with Crippen LogP contribution < -0.4 is 5.32 Å². The topological polar surface area (TPSA) is 35.5 Å². The van der Waals surface area contributed by atoms with Gasteiger partial charge in [-0.3, -0.25) is 4.90 Å². The minimum atomic E-state index is 0.357. The van der Waals surface area contributed by atoms with Crippen LogP contribution in [0.2, 0.25) is 0 Å². The molecule has 3 unspecified atom stereocenters. The molecule has 0 radical (unpaired) electrons. The van der Waals surface area contributed by atoms with Crippen molar-refractivity contribution in [3.05, 3.63) is 29.8 Å². The molecule has 2 aliphatic heterocycles. The highest BCUT2D eigenvalue weighted by atomic mass is 16.3. The fourth-order valence-electron chi connectivity index (χ4n) is 3.74. The second-order valence-electron chi connectivity index (χ2n) is 5.93. The number of hydrogen-bond acceptors (Lipinski definition) is 3. The first kappa shape index (κ1) is 12.9. The van der Waals surface area contributed by atoms with Gasteiger partial charge in [-0.05, 0) is 49.4 Å². The summed E-state index contributed by atoms with van der Waals surface area (Å²) in [5.41, 5.74) is 1.33. The van der Waals surface area contributed by atoms with Crippen LogP contribution in [0.5, 0.6) is 5.75 Å². The number of rotatable bonds is 3. The van der Waals surface area contributed by atoms with Crippen molar-refractivity contribution in [3.63, 3.8) is 0 Å². The van der Waals surface area contributed by atoms with E-state index >= 15 is 0 Å². The lowest BCUT2D eigenvalue weighted by Crippen LogP contribution is -2.40. The van der Waals surface area contributed by atoms with Crippen molar-refractivity contribution in [2.45, 2.75) is 38.3 Å². The highest BCUT2D eigenvalue weighted by Gasteiger charge is 2.36. The fraction of sp³-hybridized carbons (Fsp3) is 0.625. The van der Waals surface area contributed by atoms with E-state index in [0.717, 1.165) is 12.3 Å². The van der Waals surface area contributed by atoms with Gasteiger partial charge in [0.05, 0.1) is 0 Å². The molecular weight excluding hydrogens is 236 g/mol. The molecule has 0 saturated carbocycles. The monoisotopic (exact) mass is 260 g/mol. The lowest BCUT2D eigenvalue weighted by molar-refractivity contribution is 0.228. The smallest absolute Gasteiger partial charge is 0.115 e. The maximum atomic E-state index is 9.42. The van der Waals surface area contributed by atoms with Crippen LogP contribution in [0, 0.1) is 5.92 Å². The summed E-state index contributed by atoms with van der Waals surface area (Å²) < 4.78 is 0. The van der Waals surface area contributed by atoms with Gasteiger partial charge in [-0.15, -0.1) is 0 Å². The lowest BCUT2D eigenvalue weighted by atomic mass is 9.94. The Bertz CT molecular complexity index is 403. The number of phenols is 1. The highest BCUT2D eigenvalue weighted by molar-refractivity contribution is 5.28. The number of fused-ring (bicyclic) bond motifs is 1. The molecule has 3 rings (SSSR count). The molecule has 2 aliphatic rings. The van der Waals surface area contributed by atoms with Crippen molar-refractivity contribution >= 4 is 0 Å². The number of nitrogens with one attached hydrogen (secondary N) is 1. The molecule has 0 aromatic heterocycles. The van der Waals surface area contributed by atoms with Gasteiger partial charge in [-0.2, -0.15) is 0 Å². The van der Waals surface area contributed by atoms with Gasteiger partial charge in [-0.1, -0.05) is 19.1 Å². The zero-order chi connectivity index (χ0) is 13.2. The van der Waals surface area contributed by atoms with Gasteiger partial charge >= 0.3 is 0 Å². The number of nitrogens with zero attached hydrogens (tertiary/aromatic N) is 1. The number of benzene rings is 1. The Labute approximate surface area is 115 Å². The molecule has 1 aromatic carbocycles. The standard InChI is InChI=1S/C16H24N2O/c1-2-16(12-5-7-14(19)8-6-12)18-10-13-4-3-9-17-15(13)11-18/h5-8,13,15-17,19H,2-4,9-11H2,1H3. The average Bonchev–Trinajstić information content (AvgIpc) is 2.85. The largest absolute Gasteiger partial charge is 0.508 e. The van der Waals surface area contributed by atoms with Crippen LogP contribution in [0.4, 0.5) is 0 Å². The van der Waals surface area contributed by atoms with Gasteiger partial charge in [-0.25, -0.2) is 0 Å². The van der Waals surface area contributed by atoms with E-state index in [1.54, 1.807) is 12.1 Å². The van der Waals surface area contributed by atoms with Crippen LogP contribution in [0.25, 0.3) is 0 Å². The summed E-state index contributed by atoms with van der Waals surface area (Å²) in [5, 5.41) is 13.1. The molecule has 2 saturated heterocycles. The van der Waals surface area contributed by atoms with Gasteiger partial charge in [0.2, 0.25) is 0 Å². The fourth-order valence-corrected chi connectivity index (χ4v) is 3.74. The summed E-state index contributed by atoms with van der Waals surface area (Å²) in [6.45, 7) is 5.83. The Morgan fingerprint density at radius 1 is 1.32 bits per heavy atom. The molecule has 3 heteroatoms. The first-order chi connectivity index (χ1) is 9.28. The zero-order valence-corrected chi connectivity index (χ0v) is 11.7. The zero-order valence-electron chi connectivity index (χ0n) is 11.7. The molecule has 104 valence electrons. The molecule has 2 fully saturated rings. The third-order valence-corrected chi connectivity index (χ3v) is 4.73. The molecule has 0 aliphatic carbocycles. The summed E-state index contributed by atoms with van der Waals surface area (Å²) in [6.07, 6.45) is 3.83. The van der Waals surface area contributed by atoms with E-state index in [1.165, 1.54) is 38.0 Å². The number of likely N-dealkylation sites (tertiary alicyclic amines) is 1. The Morgan fingerprint density at radius 3 is 2.79 bits per heavy atom. The van der Waals surface area contributed by atoms with Gasteiger partial charge in [0.15, 0.2) is 0 Å². The van der Waals surface area contributed by atoms with Gasteiger partial charge in [0.1, 0.15) is 5.75 Å². The summed E-state index contributed by atoms with van der Waals surface area (Å²) in [7, 11) is 0. The number of hydrogen-bond donors (Lipinski definition) is 2. The first-order valence-corrected chi connectivity index (χ1v) is 7.54. The van der Waals surface area contributed by atoms with E-state index in [4.69, 9.17) is 0 Å². The van der Waals surface area contributed by atoms with Gasteiger partial charge in [0, 0.05) is 25.2 Å². The minimum Gasteiger partial charge on any atom is -0.508 e. The molecule has 19 heavy (non-hydrogen) atoms. The third-order valence-electron chi connectivity index (χ3n) is 4.73. The summed E-state index contributed by atoms with van der Waals surface area (Å²) >= 11 is 0. The van der Waals surface area contributed by atoms with Crippen LogP contribution in [-0.4, -0.2) is 35.7 Å². The molecule has 0 bridgehead atoms. The summed E-state index contributed by atoms with van der Waals surface area (Å²) in [6, 6.07) is 8.93. The van der Waals surface area contributed by atoms with Crippen LogP contribution in [-0.2, 0) is 0 Å². The van der Waals surface area contributed by atoms with E-state index in [2.05, 4.69) is 29.3 Å². The van der Waals surface area contributed by atoms with Crippen LogP contribution in [0.15, 0.2) is 24.3 Å². The molecule has 0 amide bonds. The molecule has 2 N–H and O–H groups in total. The van der Waals surface area contributed by atoms with Crippen molar-refractivity contribution in [2.24, 2.45) is 5.92 Å². The molecule has 2 heterocycles. The van der Waals surface area contributed by atoms with Crippen molar-refractivity contribution in [2.75, 3.05) is 19.6 Å². The van der Waals surface area contributed by atoms with E-state index < -0.39 is 0 Å². The molecule has 1 aromatic rings. The van der Waals surface area contributed by atoms with Crippen LogP contribution >= 0.6 is 0 Å². The second kappa shape index (κ2) is 5.51. The predicted octanol–water partition coefficient (Wildman–Crippen LogP) is 2.53. The van der Waals surface area contributed by atoms with E-state index in [1.807, 2.05) is 0 Å². The molecular formula is C16H24N2O. The maximum Gasteiger partial charge on any atom is 0.115 e. The minimum absolute atomic E-state index is 0.357. The number of piperidine rings is 1. The average molecular weight is 260 g/mol. The Hall–Kier alpha value is -1.06. The lowest BCUT2D eigenvalue weighted by Gasteiger charge is -2.27. The van der Waals surface area contributed by atoms with Gasteiger partial charge in [0.25, 0.3) is 0 Å². The van der Waals surface area contributed by atoms with Crippen molar-refractivity contribution in [1.29, 1.82) is 0 Å². The summed E-state index contributed by atoms with van der Waals surface area (Å²) in [5.74, 6) is 1.19. The number of aromatic hydroxyl groups is 1. The first-order valence-electron chi connectivity index (χ1n) is 7.54. The quantitative estimate of drug-likeness (QED) is 0.876. The van der Waals surface area contributed by atoms with Crippen molar-refractivity contribution < 1.29 is 5.11 Å². The predicted molar refractivity (Wildman–Crippen MR) is 77.2 cm³/mol. The van der Waals surface area contributed by atoms with E-state index in [0.29, 0.717) is 17.8 Å². The molecule has 3 atom stereocenters. The molecule has 3 nitrogen and oxygen atoms in total. The maximum absolute atomic E-state index is 9.42. The number of phenolic OH excluding ortho intramolecular Hbond substituents is 1. The SMILES string of the molecule is CCC(c1ccc(O)cc1)N1CC2CCCNC2C1. The van der Waals surface area contributed by atoms with Gasteiger partial charge < -0.3 is 10.4 Å². The third kappa shape index (κ3) is 2.63. The van der Waals surface area contributed by atoms with Crippen LogP contribution in [0.3, 0.4) is 0 Å².